The van der Waals surface area contributed by atoms with E-state index in [1.807, 2.05) is 72.8 Å². The fraction of sp³-hybridized carbons (Fsp3) is 0.0714. The SMILES string of the molecule is C=CCC(=O)Nc1ccc2ccccc2c1-c1c(NC(=O)CC=C)ccc2ccccc12. The highest BCUT2D eigenvalue weighted by molar-refractivity contribution is 6.16. The van der Waals surface area contributed by atoms with Crippen molar-refractivity contribution in [3.8, 4) is 11.1 Å². The molecule has 0 fully saturated rings. The van der Waals surface area contributed by atoms with Crippen LogP contribution < -0.4 is 10.6 Å². The van der Waals surface area contributed by atoms with E-state index >= 15 is 0 Å². The maximum Gasteiger partial charge on any atom is 0.228 e. The molecule has 0 saturated heterocycles. The maximum atomic E-state index is 12.5. The third-order valence-electron chi connectivity index (χ3n) is 5.32. The van der Waals surface area contributed by atoms with Gasteiger partial charge in [0.2, 0.25) is 11.8 Å². The van der Waals surface area contributed by atoms with Crippen molar-refractivity contribution in [3.63, 3.8) is 0 Å². The predicted octanol–water partition coefficient (Wildman–Crippen LogP) is 6.69. The van der Waals surface area contributed by atoms with E-state index in [4.69, 9.17) is 0 Å². The van der Waals surface area contributed by atoms with Crippen molar-refractivity contribution in [2.45, 2.75) is 12.8 Å². The van der Waals surface area contributed by atoms with Gasteiger partial charge in [-0.15, -0.1) is 13.2 Å². The van der Waals surface area contributed by atoms with Crippen LogP contribution in [0.3, 0.4) is 0 Å². The summed E-state index contributed by atoms with van der Waals surface area (Å²) in [6.45, 7) is 7.32. The van der Waals surface area contributed by atoms with Gasteiger partial charge in [0.1, 0.15) is 0 Å². The summed E-state index contributed by atoms with van der Waals surface area (Å²) >= 11 is 0. The van der Waals surface area contributed by atoms with Gasteiger partial charge in [-0.1, -0.05) is 72.8 Å². The Kier molecular flexibility index (Phi) is 6.13. The first-order valence-corrected chi connectivity index (χ1v) is 10.5. The average Bonchev–Trinajstić information content (AvgIpc) is 2.79. The number of benzene rings is 4. The van der Waals surface area contributed by atoms with Crippen LogP contribution in [0.2, 0.25) is 0 Å². The van der Waals surface area contributed by atoms with Crippen molar-refractivity contribution < 1.29 is 9.59 Å². The molecule has 4 heteroatoms. The Morgan fingerprint density at radius 3 is 1.44 bits per heavy atom. The summed E-state index contributed by atoms with van der Waals surface area (Å²) < 4.78 is 0. The topological polar surface area (TPSA) is 58.2 Å². The molecule has 4 aromatic rings. The summed E-state index contributed by atoms with van der Waals surface area (Å²) in [4.78, 5) is 25.0. The van der Waals surface area contributed by atoms with Gasteiger partial charge in [-0.25, -0.2) is 0 Å². The van der Waals surface area contributed by atoms with Gasteiger partial charge in [0.25, 0.3) is 0 Å². The Bertz CT molecular complexity index is 1250. The minimum absolute atomic E-state index is 0.144. The van der Waals surface area contributed by atoms with E-state index in [0.29, 0.717) is 11.4 Å². The summed E-state index contributed by atoms with van der Waals surface area (Å²) in [5.41, 5.74) is 3.11. The Labute approximate surface area is 187 Å². The van der Waals surface area contributed by atoms with Crippen LogP contribution in [-0.2, 0) is 9.59 Å². The largest absolute Gasteiger partial charge is 0.325 e. The van der Waals surface area contributed by atoms with Gasteiger partial charge in [0.05, 0.1) is 0 Å². The first-order valence-electron chi connectivity index (χ1n) is 10.5. The van der Waals surface area contributed by atoms with Crippen LogP contribution in [0.4, 0.5) is 11.4 Å². The van der Waals surface area contributed by atoms with Gasteiger partial charge in [-0.05, 0) is 33.7 Å². The van der Waals surface area contributed by atoms with Gasteiger partial charge in [0.15, 0.2) is 0 Å². The number of hydrogen-bond donors (Lipinski definition) is 2. The molecule has 2 N–H and O–H groups in total. The molecule has 0 radical (unpaired) electrons. The van der Waals surface area contributed by atoms with Crippen LogP contribution in [0, 0.1) is 0 Å². The third kappa shape index (κ3) is 4.16. The molecule has 4 aromatic carbocycles. The lowest BCUT2D eigenvalue weighted by molar-refractivity contribution is -0.116. The zero-order chi connectivity index (χ0) is 22.5. The molecule has 2 amide bonds. The van der Waals surface area contributed by atoms with Crippen LogP contribution in [0.1, 0.15) is 12.8 Å². The van der Waals surface area contributed by atoms with E-state index in [0.717, 1.165) is 32.7 Å². The van der Waals surface area contributed by atoms with Crippen LogP contribution in [0.25, 0.3) is 32.7 Å². The van der Waals surface area contributed by atoms with Crippen LogP contribution in [0.5, 0.6) is 0 Å². The zero-order valence-corrected chi connectivity index (χ0v) is 17.7. The molecule has 0 atom stereocenters. The lowest BCUT2D eigenvalue weighted by Crippen LogP contribution is -2.13. The predicted molar refractivity (Wildman–Crippen MR) is 134 cm³/mol. The molecule has 0 bridgehead atoms. The van der Waals surface area contributed by atoms with Crippen molar-refractivity contribution >= 4 is 44.7 Å². The van der Waals surface area contributed by atoms with E-state index in [9.17, 15) is 9.59 Å². The summed E-state index contributed by atoms with van der Waals surface area (Å²) in [6, 6.07) is 23.9. The van der Waals surface area contributed by atoms with E-state index in [1.54, 1.807) is 12.2 Å². The Hall–Kier alpha value is -4.18. The quantitative estimate of drug-likeness (QED) is 0.327. The molecule has 0 spiro atoms. The second kappa shape index (κ2) is 9.31. The maximum absolute atomic E-state index is 12.5. The molecule has 158 valence electrons. The molecule has 0 saturated carbocycles. The van der Waals surface area contributed by atoms with Crippen LogP contribution in [-0.4, -0.2) is 11.8 Å². The fourth-order valence-corrected chi connectivity index (χ4v) is 3.95. The molecule has 0 aliphatic heterocycles. The number of amides is 2. The first kappa shape index (κ1) is 21.1. The summed E-state index contributed by atoms with van der Waals surface area (Å²) in [6.07, 6.45) is 3.58. The monoisotopic (exact) mass is 420 g/mol. The summed E-state index contributed by atoms with van der Waals surface area (Å²) in [5.74, 6) is -0.289. The molecule has 0 heterocycles. The second-order valence-corrected chi connectivity index (χ2v) is 7.50. The number of nitrogens with one attached hydrogen (secondary N) is 2. The molecule has 0 aliphatic rings. The van der Waals surface area contributed by atoms with Gasteiger partial charge in [0, 0.05) is 35.3 Å². The van der Waals surface area contributed by atoms with Gasteiger partial charge in [-0.3, -0.25) is 9.59 Å². The molecule has 0 aromatic heterocycles. The van der Waals surface area contributed by atoms with Gasteiger partial charge in [-0.2, -0.15) is 0 Å². The summed E-state index contributed by atoms with van der Waals surface area (Å²) in [7, 11) is 0. The minimum Gasteiger partial charge on any atom is -0.325 e. The van der Waals surface area contributed by atoms with Crippen LogP contribution in [0.15, 0.2) is 98.1 Å². The molecular weight excluding hydrogens is 396 g/mol. The highest BCUT2D eigenvalue weighted by Crippen LogP contribution is 2.43. The molecule has 4 nitrogen and oxygen atoms in total. The van der Waals surface area contributed by atoms with Crippen molar-refractivity contribution in [3.05, 3.63) is 98.1 Å². The Morgan fingerprint density at radius 1 is 0.625 bits per heavy atom. The fourth-order valence-electron chi connectivity index (χ4n) is 3.95. The van der Waals surface area contributed by atoms with Crippen molar-refractivity contribution in [1.82, 2.24) is 0 Å². The highest BCUT2D eigenvalue weighted by Gasteiger charge is 2.19. The number of anilines is 2. The smallest absolute Gasteiger partial charge is 0.228 e. The molecule has 32 heavy (non-hydrogen) atoms. The van der Waals surface area contributed by atoms with E-state index < -0.39 is 0 Å². The van der Waals surface area contributed by atoms with Gasteiger partial charge >= 0.3 is 0 Å². The number of carbonyl (C=O) groups is 2. The molecule has 0 unspecified atom stereocenters. The van der Waals surface area contributed by atoms with Crippen molar-refractivity contribution in [2.24, 2.45) is 0 Å². The van der Waals surface area contributed by atoms with Gasteiger partial charge < -0.3 is 10.6 Å². The minimum atomic E-state index is -0.144. The van der Waals surface area contributed by atoms with E-state index in [1.165, 1.54) is 0 Å². The number of fused-ring (bicyclic) bond motifs is 2. The Morgan fingerprint density at radius 2 is 1.03 bits per heavy atom. The second-order valence-electron chi connectivity index (χ2n) is 7.50. The molecule has 0 aliphatic carbocycles. The summed E-state index contributed by atoms with van der Waals surface area (Å²) in [5, 5.41) is 10.1. The number of rotatable bonds is 7. The first-order chi connectivity index (χ1) is 15.6. The molecular formula is C28H24N2O2. The van der Waals surface area contributed by atoms with E-state index in [-0.39, 0.29) is 24.7 Å². The number of carbonyl (C=O) groups excluding carboxylic acids is 2. The lowest BCUT2D eigenvalue weighted by Gasteiger charge is -2.20. The lowest BCUT2D eigenvalue weighted by atomic mass is 9.91. The zero-order valence-electron chi connectivity index (χ0n) is 17.7. The van der Waals surface area contributed by atoms with E-state index in [2.05, 4.69) is 23.8 Å². The van der Waals surface area contributed by atoms with Crippen molar-refractivity contribution in [1.29, 1.82) is 0 Å². The average molecular weight is 421 g/mol. The standard InChI is InChI=1S/C28H24N2O2/c1-3-9-25(31)29-23-17-15-19-11-5-7-13-21(19)27(23)28-22-14-8-6-12-20(22)16-18-24(28)30-26(32)10-4-2/h3-8,11-18H,1-2,9-10H2,(H,29,31)(H,30,32). The highest BCUT2D eigenvalue weighted by atomic mass is 16.2. The van der Waals surface area contributed by atoms with Crippen LogP contribution >= 0.6 is 0 Å². The number of hydrogen-bond acceptors (Lipinski definition) is 2. The van der Waals surface area contributed by atoms with Crippen molar-refractivity contribution in [2.75, 3.05) is 10.6 Å². The Balaban J connectivity index is 2.05. The normalized spacial score (nSPS) is 10.6. The third-order valence-corrected chi connectivity index (χ3v) is 5.32. The molecule has 4 rings (SSSR count).